The summed E-state index contributed by atoms with van der Waals surface area (Å²) in [5.74, 6) is 0.921. The Morgan fingerprint density at radius 1 is 1.07 bits per heavy atom. The topological polar surface area (TPSA) is 45.7 Å². The molecule has 2 aromatic carbocycles. The van der Waals surface area contributed by atoms with E-state index in [0.717, 1.165) is 47.2 Å². The van der Waals surface area contributed by atoms with Gasteiger partial charge in [0.2, 0.25) is 5.91 Å². The van der Waals surface area contributed by atoms with Gasteiger partial charge < -0.3 is 9.64 Å². The van der Waals surface area contributed by atoms with E-state index in [4.69, 9.17) is 9.72 Å². The lowest BCUT2D eigenvalue weighted by Crippen LogP contribution is -2.39. The van der Waals surface area contributed by atoms with E-state index in [9.17, 15) is 4.79 Å². The van der Waals surface area contributed by atoms with Crippen molar-refractivity contribution in [1.29, 1.82) is 0 Å². The molecule has 0 aliphatic rings. The summed E-state index contributed by atoms with van der Waals surface area (Å²) in [6.45, 7) is 7.72. The molecule has 0 saturated carbocycles. The summed E-state index contributed by atoms with van der Waals surface area (Å²) >= 11 is 1.55. The lowest BCUT2D eigenvalue weighted by atomic mass is 10.1. The standard InChI is InChI=1S/C23H29N3O2S.ClH/c1-4-25(5-2)15-16-26(22(27)14-11-18-9-7-6-8-10-18)23-24-20-13-12-19(28-3)17-21(20)29-23;/h6-10,12-13,17H,4-5,11,14-16H2,1-3H3;1H. The highest BCUT2D eigenvalue weighted by molar-refractivity contribution is 7.22. The molecule has 7 heteroatoms. The summed E-state index contributed by atoms with van der Waals surface area (Å²) in [5, 5.41) is 0.762. The van der Waals surface area contributed by atoms with Crippen LogP contribution in [0.5, 0.6) is 5.75 Å². The van der Waals surface area contributed by atoms with Gasteiger partial charge in [0.25, 0.3) is 0 Å². The third-order valence-electron chi connectivity index (χ3n) is 5.12. The molecule has 0 aliphatic heterocycles. The van der Waals surface area contributed by atoms with E-state index in [1.165, 1.54) is 5.56 Å². The van der Waals surface area contributed by atoms with Crippen molar-refractivity contribution < 1.29 is 9.53 Å². The van der Waals surface area contributed by atoms with Gasteiger partial charge in [-0.2, -0.15) is 0 Å². The summed E-state index contributed by atoms with van der Waals surface area (Å²) < 4.78 is 6.36. The summed E-state index contributed by atoms with van der Waals surface area (Å²) in [4.78, 5) is 22.1. The Kier molecular flexibility index (Phi) is 9.56. The Bertz CT molecular complexity index is 929. The van der Waals surface area contributed by atoms with Crippen molar-refractivity contribution in [3.8, 4) is 5.75 Å². The van der Waals surface area contributed by atoms with Crippen LogP contribution in [0.3, 0.4) is 0 Å². The molecule has 0 N–H and O–H groups in total. The number of carbonyl (C=O) groups excluding carboxylic acids is 1. The van der Waals surface area contributed by atoms with E-state index >= 15 is 0 Å². The molecule has 0 aliphatic carbocycles. The molecule has 3 aromatic rings. The Labute approximate surface area is 189 Å². The maximum atomic E-state index is 13.2. The van der Waals surface area contributed by atoms with E-state index < -0.39 is 0 Å². The number of fused-ring (bicyclic) bond motifs is 1. The molecule has 1 amide bonds. The largest absolute Gasteiger partial charge is 0.497 e. The molecule has 5 nitrogen and oxygen atoms in total. The monoisotopic (exact) mass is 447 g/mol. The molecular formula is C23H30ClN3O2S. The van der Waals surface area contributed by atoms with Gasteiger partial charge in [-0.25, -0.2) is 4.98 Å². The first-order valence-electron chi connectivity index (χ1n) is 10.2. The van der Waals surface area contributed by atoms with E-state index in [1.807, 2.05) is 41.3 Å². The van der Waals surface area contributed by atoms with Crippen molar-refractivity contribution in [1.82, 2.24) is 9.88 Å². The van der Waals surface area contributed by atoms with Crippen LogP contribution in [0.4, 0.5) is 5.13 Å². The zero-order valence-corrected chi connectivity index (χ0v) is 19.5. The number of anilines is 1. The van der Waals surface area contributed by atoms with Crippen LogP contribution in [-0.2, 0) is 11.2 Å². The number of carbonyl (C=O) groups is 1. The van der Waals surface area contributed by atoms with Crippen molar-refractivity contribution in [2.75, 3.05) is 38.2 Å². The van der Waals surface area contributed by atoms with Gasteiger partial charge in [0.15, 0.2) is 5.13 Å². The van der Waals surface area contributed by atoms with Gasteiger partial charge in [0, 0.05) is 19.5 Å². The minimum atomic E-state index is 0. The highest BCUT2D eigenvalue weighted by Gasteiger charge is 2.20. The maximum absolute atomic E-state index is 13.2. The number of hydrogen-bond donors (Lipinski definition) is 0. The first-order valence-corrected chi connectivity index (χ1v) is 11.0. The second-order valence-corrected chi connectivity index (χ2v) is 7.90. The zero-order valence-electron chi connectivity index (χ0n) is 17.8. The van der Waals surface area contributed by atoms with Gasteiger partial charge in [0.05, 0.1) is 17.3 Å². The summed E-state index contributed by atoms with van der Waals surface area (Å²) in [7, 11) is 1.66. The lowest BCUT2D eigenvalue weighted by Gasteiger charge is -2.24. The minimum absolute atomic E-state index is 0. The molecular weight excluding hydrogens is 418 g/mol. The first kappa shape index (κ1) is 24.1. The Morgan fingerprint density at radius 2 is 1.80 bits per heavy atom. The van der Waals surface area contributed by atoms with Crippen LogP contribution in [0.15, 0.2) is 48.5 Å². The van der Waals surface area contributed by atoms with Crippen LogP contribution in [0.2, 0.25) is 0 Å². The van der Waals surface area contributed by atoms with Gasteiger partial charge in [-0.3, -0.25) is 9.69 Å². The average Bonchev–Trinajstić information content (AvgIpc) is 3.18. The Balaban J connectivity index is 0.00000320. The molecule has 0 spiro atoms. The minimum Gasteiger partial charge on any atom is -0.497 e. The predicted octanol–water partition coefficient (Wildman–Crippen LogP) is 5.03. The number of halogens is 1. The van der Waals surface area contributed by atoms with E-state index in [1.54, 1.807) is 18.4 Å². The smallest absolute Gasteiger partial charge is 0.229 e. The normalized spacial score (nSPS) is 10.8. The van der Waals surface area contributed by atoms with Crippen LogP contribution < -0.4 is 9.64 Å². The van der Waals surface area contributed by atoms with E-state index in [-0.39, 0.29) is 18.3 Å². The van der Waals surface area contributed by atoms with Crippen molar-refractivity contribution in [3.63, 3.8) is 0 Å². The number of hydrogen-bond acceptors (Lipinski definition) is 5. The Hall–Kier alpha value is -2.15. The number of aryl methyl sites for hydroxylation is 1. The number of ether oxygens (including phenoxy) is 1. The first-order chi connectivity index (χ1) is 14.1. The van der Waals surface area contributed by atoms with Crippen molar-refractivity contribution >= 4 is 45.0 Å². The predicted molar refractivity (Wildman–Crippen MR) is 128 cm³/mol. The number of likely N-dealkylation sites (N-methyl/N-ethyl adjacent to an activating group) is 1. The van der Waals surface area contributed by atoms with Gasteiger partial charge in [0.1, 0.15) is 5.75 Å². The third kappa shape index (κ3) is 6.17. The summed E-state index contributed by atoms with van der Waals surface area (Å²) in [5.41, 5.74) is 2.08. The number of benzene rings is 2. The number of amides is 1. The number of rotatable bonds is 10. The van der Waals surface area contributed by atoms with Gasteiger partial charge in [-0.1, -0.05) is 55.5 Å². The third-order valence-corrected chi connectivity index (χ3v) is 6.16. The Morgan fingerprint density at radius 3 is 2.47 bits per heavy atom. The molecule has 0 unspecified atom stereocenters. The summed E-state index contributed by atoms with van der Waals surface area (Å²) in [6, 6.07) is 16.0. The van der Waals surface area contributed by atoms with Crippen LogP contribution >= 0.6 is 23.7 Å². The number of methoxy groups -OCH3 is 1. The molecule has 0 atom stereocenters. The van der Waals surface area contributed by atoms with Crippen molar-refractivity contribution in [2.45, 2.75) is 26.7 Å². The van der Waals surface area contributed by atoms with Crippen LogP contribution in [0.1, 0.15) is 25.8 Å². The SMILES string of the molecule is CCN(CC)CCN(C(=O)CCc1ccccc1)c1nc2ccc(OC)cc2s1.Cl. The zero-order chi connectivity index (χ0) is 20.6. The van der Waals surface area contributed by atoms with E-state index in [0.29, 0.717) is 13.0 Å². The maximum Gasteiger partial charge on any atom is 0.229 e. The molecule has 0 fully saturated rings. The highest BCUT2D eigenvalue weighted by Crippen LogP contribution is 2.31. The molecule has 1 aromatic heterocycles. The van der Waals surface area contributed by atoms with Crippen LogP contribution in [0, 0.1) is 0 Å². The molecule has 0 bridgehead atoms. The van der Waals surface area contributed by atoms with Crippen LogP contribution in [0.25, 0.3) is 10.2 Å². The summed E-state index contributed by atoms with van der Waals surface area (Å²) in [6.07, 6.45) is 1.21. The average molecular weight is 448 g/mol. The van der Waals surface area contributed by atoms with Gasteiger partial charge in [-0.05, 0) is 43.3 Å². The van der Waals surface area contributed by atoms with Crippen molar-refractivity contribution in [3.05, 3.63) is 54.1 Å². The quantitative estimate of drug-likeness (QED) is 0.437. The number of aromatic nitrogens is 1. The van der Waals surface area contributed by atoms with Crippen LogP contribution in [-0.4, -0.2) is 49.1 Å². The van der Waals surface area contributed by atoms with Crippen molar-refractivity contribution in [2.24, 2.45) is 0 Å². The van der Waals surface area contributed by atoms with Gasteiger partial charge in [-0.15, -0.1) is 12.4 Å². The fraction of sp³-hybridized carbons (Fsp3) is 0.391. The molecule has 30 heavy (non-hydrogen) atoms. The second-order valence-electron chi connectivity index (χ2n) is 6.89. The second kappa shape index (κ2) is 11.9. The highest BCUT2D eigenvalue weighted by atomic mass is 35.5. The number of thiazole rings is 1. The number of nitrogens with zero attached hydrogens (tertiary/aromatic N) is 3. The molecule has 0 saturated heterocycles. The van der Waals surface area contributed by atoms with E-state index in [2.05, 4.69) is 30.9 Å². The fourth-order valence-electron chi connectivity index (χ4n) is 3.27. The molecule has 0 radical (unpaired) electrons. The molecule has 162 valence electrons. The molecule has 1 heterocycles. The van der Waals surface area contributed by atoms with Gasteiger partial charge >= 0.3 is 0 Å². The molecule has 3 rings (SSSR count). The fourth-order valence-corrected chi connectivity index (χ4v) is 4.31. The lowest BCUT2D eigenvalue weighted by molar-refractivity contribution is -0.118.